The zero-order valence-electron chi connectivity index (χ0n) is 15.0. The molecule has 1 aliphatic carbocycles. The summed E-state index contributed by atoms with van der Waals surface area (Å²) < 4.78 is 26.4. The number of likely N-dealkylation sites (tertiary alicyclic amines) is 1. The zero-order valence-corrected chi connectivity index (χ0v) is 15.0. The van der Waals surface area contributed by atoms with Crippen molar-refractivity contribution in [3.8, 4) is 0 Å². The number of rotatable bonds is 6. The number of hydrogen-bond donors (Lipinski definition) is 2. The van der Waals surface area contributed by atoms with Gasteiger partial charge in [-0.2, -0.15) is 0 Å². The average Bonchev–Trinajstić information content (AvgIpc) is 3.45. The Morgan fingerprint density at radius 1 is 1.07 bits per heavy atom. The minimum absolute atomic E-state index is 0.0456. The highest BCUT2D eigenvalue weighted by Crippen LogP contribution is 2.22. The first-order valence-corrected chi connectivity index (χ1v) is 9.25. The number of nitrogens with one attached hydrogen (secondary N) is 2. The Balaban J connectivity index is 1.38. The topological polar surface area (TPSA) is 78.5 Å². The Kier molecular flexibility index (Phi) is 6.03. The van der Waals surface area contributed by atoms with Crippen LogP contribution in [0.15, 0.2) is 18.2 Å². The molecule has 3 rings (SSSR count). The van der Waals surface area contributed by atoms with Crippen LogP contribution in [0, 0.1) is 17.6 Å². The van der Waals surface area contributed by atoms with Gasteiger partial charge in [0.15, 0.2) is 0 Å². The van der Waals surface area contributed by atoms with Crippen LogP contribution in [0.4, 0.5) is 8.78 Å². The van der Waals surface area contributed by atoms with Crippen molar-refractivity contribution >= 4 is 17.7 Å². The van der Waals surface area contributed by atoms with Crippen molar-refractivity contribution in [1.82, 2.24) is 15.5 Å². The van der Waals surface area contributed by atoms with Gasteiger partial charge >= 0.3 is 0 Å². The maximum atomic E-state index is 13.6. The molecule has 2 aliphatic rings. The fraction of sp³-hybridized carbons (Fsp3) is 0.526. The predicted molar refractivity (Wildman–Crippen MR) is 93.8 cm³/mol. The molecule has 1 aliphatic heterocycles. The molecule has 1 heterocycles. The van der Waals surface area contributed by atoms with Gasteiger partial charge in [-0.05, 0) is 37.8 Å². The van der Waals surface area contributed by atoms with E-state index in [0.29, 0.717) is 38.0 Å². The van der Waals surface area contributed by atoms with E-state index >= 15 is 0 Å². The molecule has 27 heavy (non-hydrogen) atoms. The van der Waals surface area contributed by atoms with Crippen LogP contribution >= 0.6 is 0 Å². The van der Waals surface area contributed by atoms with Gasteiger partial charge in [0.1, 0.15) is 11.6 Å². The van der Waals surface area contributed by atoms with Crippen LogP contribution in [0.25, 0.3) is 0 Å². The summed E-state index contributed by atoms with van der Waals surface area (Å²) in [6.45, 7) is 1.10. The molecule has 3 amide bonds. The monoisotopic (exact) mass is 379 g/mol. The third-order valence-electron chi connectivity index (χ3n) is 4.94. The molecule has 0 radical (unpaired) electrons. The number of carbonyl (C=O) groups excluding carboxylic acids is 3. The number of amides is 3. The minimum Gasteiger partial charge on any atom is -0.353 e. The molecular formula is C19H23F2N3O3. The van der Waals surface area contributed by atoms with Crippen LogP contribution in [0.3, 0.4) is 0 Å². The van der Waals surface area contributed by atoms with E-state index in [1.165, 1.54) is 0 Å². The second-order valence-corrected chi connectivity index (χ2v) is 7.07. The molecule has 1 saturated heterocycles. The van der Waals surface area contributed by atoms with Gasteiger partial charge in [-0.1, -0.05) is 0 Å². The lowest BCUT2D eigenvalue weighted by atomic mass is 9.95. The van der Waals surface area contributed by atoms with E-state index in [-0.39, 0.29) is 36.3 Å². The number of nitrogens with zero attached hydrogens (tertiary/aromatic N) is 1. The first kappa shape index (κ1) is 19.3. The van der Waals surface area contributed by atoms with Crippen molar-refractivity contribution in [3.05, 3.63) is 35.4 Å². The van der Waals surface area contributed by atoms with Crippen molar-refractivity contribution in [1.29, 1.82) is 0 Å². The smallest absolute Gasteiger partial charge is 0.254 e. The molecule has 1 saturated carbocycles. The summed E-state index contributed by atoms with van der Waals surface area (Å²) in [5.74, 6) is -2.46. The summed E-state index contributed by atoms with van der Waals surface area (Å²) in [7, 11) is 0. The predicted octanol–water partition coefficient (Wildman–Crippen LogP) is 1.60. The highest BCUT2D eigenvalue weighted by Gasteiger charge is 2.30. The maximum Gasteiger partial charge on any atom is 0.254 e. The van der Waals surface area contributed by atoms with Gasteiger partial charge in [-0.3, -0.25) is 14.4 Å². The number of carbonyl (C=O) groups is 3. The summed E-state index contributed by atoms with van der Waals surface area (Å²) in [6, 6.07) is 3.06. The summed E-state index contributed by atoms with van der Waals surface area (Å²) >= 11 is 0. The first-order valence-electron chi connectivity index (χ1n) is 9.25. The molecule has 0 atom stereocenters. The minimum atomic E-state index is -0.939. The molecule has 2 fully saturated rings. The van der Waals surface area contributed by atoms with Gasteiger partial charge in [0, 0.05) is 44.1 Å². The number of hydrogen-bond acceptors (Lipinski definition) is 3. The van der Waals surface area contributed by atoms with Crippen LogP contribution < -0.4 is 10.6 Å². The molecule has 6 nitrogen and oxygen atoms in total. The van der Waals surface area contributed by atoms with Gasteiger partial charge in [0.25, 0.3) is 5.91 Å². The molecular weight excluding hydrogens is 356 g/mol. The summed E-state index contributed by atoms with van der Waals surface area (Å²) in [6.07, 6.45) is 3.47. The normalized spacial score (nSPS) is 17.5. The maximum absolute atomic E-state index is 13.6. The van der Waals surface area contributed by atoms with Crippen LogP contribution in [0.5, 0.6) is 0 Å². The standard InChI is InChI=1S/C19H23F2N3O3/c20-13-1-4-15(16(21)11-13)19(27)22-8-5-17(25)24-9-6-12(7-10-24)18(26)23-14-2-3-14/h1,4,11-12,14H,2-3,5-10H2,(H,22,27)(H,23,26). The lowest BCUT2D eigenvalue weighted by molar-refractivity contribution is -0.135. The highest BCUT2D eigenvalue weighted by molar-refractivity contribution is 5.94. The molecule has 0 aromatic heterocycles. The van der Waals surface area contributed by atoms with Crippen LogP contribution in [0.1, 0.15) is 42.5 Å². The third kappa shape index (κ3) is 5.24. The largest absolute Gasteiger partial charge is 0.353 e. The molecule has 8 heteroatoms. The average molecular weight is 379 g/mol. The van der Waals surface area contributed by atoms with Crippen molar-refractivity contribution < 1.29 is 23.2 Å². The Morgan fingerprint density at radius 3 is 2.41 bits per heavy atom. The van der Waals surface area contributed by atoms with Gasteiger partial charge < -0.3 is 15.5 Å². The Labute approximate surface area is 156 Å². The molecule has 2 N–H and O–H groups in total. The first-order chi connectivity index (χ1) is 12.9. The van der Waals surface area contributed by atoms with E-state index in [9.17, 15) is 23.2 Å². The quantitative estimate of drug-likeness (QED) is 0.788. The van der Waals surface area contributed by atoms with Crippen LogP contribution in [-0.4, -0.2) is 48.3 Å². The SMILES string of the molecule is O=C(NCCC(=O)N1CCC(C(=O)NC2CC2)CC1)c1ccc(F)cc1F. The van der Waals surface area contributed by atoms with E-state index in [0.717, 1.165) is 25.0 Å². The van der Waals surface area contributed by atoms with E-state index in [1.54, 1.807) is 4.90 Å². The third-order valence-corrected chi connectivity index (χ3v) is 4.94. The number of piperidine rings is 1. The summed E-state index contributed by atoms with van der Waals surface area (Å²) in [5.41, 5.74) is -0.258. The molecule has 146 valence electrons. The van der Waals surface area contributed by atoms with E-state index in [1.807, 2.05) is 0 Å². The number of halogens is 2. The Bertz CT molecular complexity index is 729. The lowest BCUT2D eigenvalue weighted by Crippen LogP contribution is -2.44. The van der Waals surface area contributed by atoms with Crippen LogP contribution in [0.2, 0.25) is 0 Å². The Hall–Kier alpha value is -2.51. The van der Waals surface area contributed by atoms with E-state index in [4.69, 9.17) is 0 Å². The molecule has 1 aromatic rings. The fourth-order valence-electron chi connectivity index (χ4n) is 3.15. The van der Waals surface area contributed by atoms with Gasteiger partial charge in [-0.15, -0.1) is 0 Å². The second-order valence-electron chi connectivity index (χ2n) is 7.07. The van der Waals surface area contributed by atoms with Crippen molar-refractivity contribution in [2.24, 2.45) is 5.92 Å². The molecule has 0 spiro atoms. The van der Waals surface area contributed by atoms with Gasteiger partial charge in [0.05, 0.1) is 5.56 Å². The summed E-state index contributed by atoms with van der Waals surface area (Å²) in [5, 5.41) is 5.47. The molecule has 0 bridgehead atoms. The summed E-state index contributed by atoms with van der Waals surface area (Å²) in [4.78, 5) is 37.9. The van der Waals surface area contributed by atoms with E-state index in [2.05, 4.69) is 10.6 Å². The lowest BCUT2D eigenvalue weighted by Gasteiger charge is -2.31. The van der Waals surface area contributed by atoms with Gasteiger partial charge in [-0.25, -0.2) is 8.78 Å². The fourth-order valence-corrected chi connectivity index (χ4v) is 3.15. The zero-order chi connectivity index (χ0) is 19.4. The Morgan fingerprint density at radius 2 is 1.78 bits per heavy atom. The van der Waals surface area contributed by atoms with Crippen LogP contribution in [-0.2, 0) is 9.59 Å². The molecule has 0 unspecified atom stereocenters. The number of benzene rings is 1. The highest BCUT2D eigenvalue weighted by atomic mass is 19.1. The van der Waals surface area contributed by atoms with Crippen molar-refractivity contribution in [3.63, 3.8) is 0 Å². The van der Waals surface area contributed by atoms with E-state index < -0.39 is 17.5 Å². The molecule has 1 aromatic carbocycles. The van der Waals surface area contributed by atoms with Crippen molar-refractivity contribution in [2.45, 2.75) is 38.1 Å². The van der Waals surface area contributed by atoms with Crippen molar-refractivity contribution in [2.75, 3.05) is 19.6 Å². The second kappa shape index (κ2) is 8.45. The van der Waals surface area contributed by atoms with Gasteiger partial charge in [0.2, 0.25) is 11.8 Å².